The van der Waals surface area contributed by atoms with Gasteiger partial charge in [0.05, 0.1) is 13.7 Å². The molecule has 4 nitrogen and oxygen atoms in total. The highest BCUT2D eigenvalue weighted by Crippen LogP contribution is 2.18. The minimum absolute atomic E-state index is 0.107. The summed E-state index contributed by atoms with van der Waals surface area (Å²) in [5.74, 6) is 0.148. The smallest absolute Gasteiger partial charge is 0.123 e. The van der Waals surface area contributed by atoms with Crippen molar-refractivity contribution in [2.24, 2.45) is 0 Å². The van der Waals surface area contributed by atoms with E-state index in [1.807, 2.05) is 0 Å². The Morgan fingerprint density at radius 2 is 2.14 bits per heavy atom. The van der Waals surface area contributed by atoms with Crippen molar-refractivity contribution in [3.63, 3.8) is 0 Å². The molecule has 0 heterocycles. The molecule has 0 aliphatic heterocycles. The van der Waals surface area contributed by atoms with Gasteiger partial charge in [0.15, 0.2) is 0 Å². The number of hydrogen-bond acceptors (Lipinski definition) is 4. The number of ether oxygens (including phenoxy) is 2. The number of carbonyl (C=O) groups is 1. The van der Waals surface area contributed by atoms with Crippen molar-refractivity contribution in [3.8, 4) is 11.5 Å². The zero-order valence-electron chi connectivity index (χ0n) is 7.86. The van der Waals surface area contributed by atoms with Crippen LogP contribution in [0.1, 0.15) is 6.42 Å². The van der Waals surface area contributed by atoms with Crippen LogP contribution in [0.25, 0.3) is 0 Å². The predicted octanol–water partition coefficient (Wildman–Crippen LogP) is 0.214. The van der Waals surface area contributed by atoms with Gasteiger partial charge in [0.1, 0.15) is 11.5 Å². The molecule has 0 N–H and O–H groups in total. The van der Waals surface area contributed by atoms with Gasteiger partial charge < -0.3 is 19.4 Å². The maximum Gasteiger partial charge on any atom is 0.123 e. The lowest BCUT2D eigenvalue weighted by Crippen LogP contribution is -2.24. The van der Waals surface area contributed by atoms with E-state index in [0.29, 0.717) is 11.5 Å². The van der Waals surface area contributed by atoms with E-state index in [1.165, 1.54) is 0 Å². The summed E-state index contributed by atoms with van der Waals surface area (Å²) in [6, 6.07) is 6.98. The van der Waals surface area contributed by atoms with Crippen molar-refractivity contribution >= 4 is 5.97 Å². The maximum absolute atomic E-state index is 10.1. The van der Waals surface area contributed by atoms with E-state index in [1.54, 1.807) is 31.4 Å². The summed E-state index contributed by atoms with van der Waals surface area (Å²) < 4.78 is 10.1. The zero-order valence-corrected chi connectivity index (χ0v) is 7.86. The Balaban J connectivity index is 2.46. The molecule has 0 fully saturated rings. The largest absolute Gasteiger partial charge is 0.550 e. The van der Waals surface area contributed by atoms with Crippen LogP contribution in [0.5, 0.6) is 11.5 Å². The molecule has 0 radical (unpaired) electrons. The van der Waals surface area contributed by atoms with E-state index >= 15 is 0 Å². The summed E-state index contributed by atoms with van der Waals surface area (Å²) in [6.07, 6.45) is -0.114. The zero-order chi connectivity index (χ0) is 10.4. The Bertz CT molecular complexity index is 309. The van der Waals surface area contributed by atoms with E-state index in [4.69, 9.17) is 9.47 Å². The highest BCUT2D eigenvalue weighted by molar-refractivity contribution is 5.64. The van der Waals surface area contributed by atoms with Crippen LogP contribution in [0, 0.1) is 0 Å². The van der Waals surface area contributed by atoms with Gasteiger partial charge >= 0.3 is 0 Å². The van der Waals surface area contributed by atoms with E-state index in [-0.39, 0.29) is 13.0 Å². The van der Waals surface area contributed by atoms with Crippen LogP contribution < -0.4 is 14.6 Å². The molecular weight excluding hydrogens is 184 g/mol. The predicted molar refractivity (Wildman–Crippen MR) is 48.1 cm³/mol. The first-order valence-corrected chi connectivity index (χ1v) is 4.19. The third-order valence-corrected chi connectivity index (χ3v) is 1.62. The monoisotopic (exact) mass is 195 g/mol. The molecule has 0 aliphatic rings. The van der Waals surface area contributed by atoms with Crippen LogP contribution >= 0.6 is 0 Å². The Hall–Kier alpha value is -1.71. The van der Waals surface area contributed by atoms with Crippen LogP contribution in [0.3, 0.4) is 0 Å². The Labute approximate surface area is 82.1 Å². The van der Waals surface area contributed by atoms with Crippen molar-refractivity contribution in [2.45, 2.75) is 6.42 Å². The Morgan fingerprint density at radius 3 is 2.79 bits per heavy atom. The SMILES string of the molecule is COc1cccc(OCCC(=O)[O-])c1. The molecule has 0 saturated heterocycles. The van der Waals surface area contributed by atoms with Crippen molar-refractivity contribution in [3.05, 3.63) is 24.3 Å². The summed E-state index contributed by atoms with van der Waals surface area (Å²) in [7, 11) is 1.56. The van der Waals surface area contributed by atoms with Crippen LogP contribution in [0.4, 0.5) is 0 Å². The second kappa shape index (κ2) is 5.11. The van der Waals surface area contributed by atoms with Gasteiger partial charge in [-0.3, -0.25) is 0 Å². The molecule has 1 aromatic rings. The summed E-state index contributed by atoms with van der Waals surface area (Å²) in [6.45, 7) is 0.107. The number of carbonyl (C=O) groups excluding carboxylic acids is 1. The number of carboxylic acids is 1. The van der Waals surface area contributed by atoms with E-state index in [0.717, 1.165) is 0 Å². The number of benzene rings is 1. The lowest BCUT2D eigenvalue weighted by atomic mass is 10.3. The molecular formula is C10H11O4-. The summed E-state index contributed by atoms with van der Waals surface area (Å²) in [5.41, 5.74) is 0. The molecule has 0 spiro atoms. The van der Waals surface area contributed by atoms with Crippen LogP contribution in [0.15, 0.2) is 24.3 Å². The number of aliphatic carboxylic acids is 1. The average molecular weight is 195 g/mol. The van der Waals surface area contributed by atoms with E-state index < -0.39 is 5.97 Å². The fourth-order valence-corrected chi connectivity index (χ4v) is 0.943. The van der Waals surface area contributed by atoms with Gasteiger partial charge in [-0.1, -0.05) is 6.07 Å². The summed E-state index contributed by atoms with van der Waals surface area (Å²) >= 11 is 0. The quantitative estimate of drug-likeness (QED) is 0.674. The number of hydrogen-bond donors (Lipinski definition) is 0. The van der Waals surface area contributed by atoms with Crippen molar-refractivity contribution in [1.82, 2.24) is 0 Å². The highest BCUT2D eigenvalue weighted by atomic mass is 16.5. The van der Waals surface area contributed by atoms with Crippen LogP contribution in [0.2, 0.25) is 0 Å². The van der Waals surface area contributed by atoms with Gasteiger partial charge in [-0.2, -0.15) is 0 Å². The minimum atomic E-state index is -1.12. The van der Waals surface area contributed by atoms with Gasteiger partial charge in [-0.05, 0) is 12.1 Å². The second-order valence-electron chi connectivity index (χ2n) is 2.65. The lowest BCUT2D eigenvalue weighted by Gasteiger charge is -2.07. The van der Waals surface area contributed by atoms with Gasteiger partial charge in [0.25, 0.3) is 0 Å². The van der Waals surface area contributed by atoms with Crippen LogP contribution in [-0.4, -0.2) is 19.7 Å². The standard InChI is InChI=1S/C10H12O4/c1-13-8-3-2-4-9(7-8)14-6-5-10(11)12/h2-4,7H,5-6H2,1H3,(H,11,12)/p-1. The number of carboxylic acid groups (broad SMARTS) is 1. The maximum atomic E-state index is 10.1. The second-order valence-corrected chi connectivity index (χ2v) is 2.65. The van der Waals surface area contributed by atoms with Crippen molar-refractivity contribution in [2.75, 3.05) is 13.7 Å². The minimum Gasteiger partial charge on any atom is -0.550 e. The third-order valence-electron chi connectivity index (χ3n) is 1.62. The molecule has 0 saturated carbocycles. The molecule has 0 aliphatic carbocycles. The van der Waals surface area contributed by atoms with Gasteiger partial charge in [0, 0.05) is 18.5 Å². The van der Waals surface area contributed by atoms with Gasteiger partial charge in [0.2, 0.25) is 0 Å². The summed E-state index contributed by atoms with van der Waals surface area (Å²) in [5, 5.41) is 10.1. The lowest BCUT2D eigenvalue weighted by molar-refractivity contribution is -0.306. The number of methoxy groups -OCH3 is 1. The Kier molecular flexibility index (Phi) is 3.79. The molecule has 0 unspecified atom stereocenters. The summed E-state index contributed by atoms with van der Waals surface area (Å²) in [4.78, 5) is 10.1. The highest BCUT2D eigenvalue weighted by Gasteiger charge is 1.96. The fraction of sp³-hybridized carbons (Fsp3) is 0.300. The molecule has 0 atom stereocenters. The fourth-order valence-electron chi connectivity index (χ4n) is 0.943. The van der Waals surface area contributed by atoms with Crippen LogP contribution in [-0.2, 0) is 4.79 Å². The van der Waals surface area contributed by atoms with Crippen molar-refractivity contribution < 1.29 is 19.4 Å². The van der Waals surface area contributed by atoms with Gasteiger partial charge in [-0.25, -0.2) is 0 Å². The first kappa shape index (κ1) is 10.4. The van der Waals surface area contributed by atoms with Crippen molar-refractivity contribution in [1.29, 1.82) is 0 Å². The molecule has 0 bridgehead atoms. The average Bonchev–Trinajstić information content (AvgIpc) is 2.18. The van der Waals surface area contributed by atoms with E-state index in [9.17, 15) is 9.90 Å². The first-order chi connectivity index (χ1) is 6.72. The molecule has 0 aromatic heterocycles. The Morgan fingerprint density at radius 1 is 1.43 bits per heavy atom. The number of rotatable bonds is 5. The normalized spacial score (nSPS) is 9.50. The molecule has 4 heteroatoms. The molecule has 1 aromatic carbocycles. The molecule has 76 valence electrons. The van der Waals surface area contributed by atoms with Gasteiger partial charge in [-0.15, -0.1) is 0 Å². The third kappa shape index (κ3) is 3.35. The molecule has 14 heavy (non-hydrogen) atoms. The molecule has 0 amide bonds. The van der Waals surface area contributed by atoms with E-state index in [2.05, 4.69) is 0 Å². The first-order valence-electron chi connectivity index (χ1n) is 4.19. The topological polar surface area (TPSA) is 58.6 Å². The molecule has 1 rings (SSSR count).